The van der Waals surface area contributed by atoms with Gasteiger partial charge in [0, 0.05) is 34.1 Å². The summed E-state index contributed by atoms with van der Waals surface area (Å²) in [5.74, 6) is -0.317. The Morgan fingerprint density at radius 3 is 2.65 bits per heavy atom. The standard InChI is InChI=1S/C21H19FN2O2/c1-26-20(25)24-12-21(10-11-21)17-14-7-3-5-9-16(14)23-18(17)19(24)13-6-2-4-8-15(13)22/h2-9,19,23H,10-12H2,1H3. The number of fused-ring (bicyclic) bond motifs is 4. The van der Waals surface area contributed by atoms with Crippen LogP contribution in [-0.2, 0) is 10.2 Å². The number of nitrogens with zero attached hydrogens (tertiary/aromatic N) is 1. The zero-order valence-electron chi connectivity index (χ0n) is 14.5. The average molecular weight is 350 g/mol. The lowest BCUT2D eigenvalue weighted by Crippen LogP contribution is -2.45. The summed E-state index contributed by atoms with van der Waals surface area (Å²) in [6.45, 7) is 0.549. The number of hydrogen-bond donors (Lipinski definition) is 1. The van der Waals surface area contributed by atoms with Gasteiger partial charge in [0.2, 0.25) is 0 Å². The van der Waals surface area contributed by atoms with E-state index in [0.717, 1.165) is 24.1 Å². The van der Waals surface area contributed by atoms with Crippen LogP contribution >= 0.6 is 0 Å². The maximum atomic E-state index is 14.7. The number of H-pyrrole nitrogens is 1. The molecule has 0 bridgehead atoms. The van der Waals surface area contributed by atoms with E-state index in [0.29, 0.717) is 12.1 Å². The molecule has 1 N–H and O–H groups in total. The summed E-state index contributed by atoms with van der Waals surface area (Å²) in [5, 5.41) is 1.17. The topological polar surface area (TPSA) is 45.3 Å². The zero-order chi connectivity index (χ0) is 17.9. The highest BCUT2D eigenvalue weighted by Crippen LogP contribution is 2.58. The molecular weight excluding hydrogens is 331 g/mol. The Balaban J connectivity index is 1.80. The smallest absolute Gasteiger partial charge is 0.410 e. The summed E-state index contributed by atoms with van der Waals surface area (Å²) in [4.78, 5) is 17.7. The Hall–Kier alpha value is -2.82. The number of para-hydroxylation sites is 1. The Morgan fingerprint density at radius 2 is 1.92 bits per heavy atom. The van der Waals surface area contributed by atoms with Crippen LogP contribution in [0.5, 0.6) is 0 Å². The molecule has 5 rings (SSSR count). The van der Waals surface area contributed by atoms with Gasteiger partial charge in [-0.3, -0.25) is 4.90 Å². The van der Waals surface area contributed by atoms with Crippen LogP contribution < -0.4 is 0 Å². The van der Waals surface area contributed by atoms with E-state index in [1.807, 2.05) is 18.2 Å². The minimum absolute atomic E-state index is 0.0507. The van der Waals surface area contributed by atoms with Gasteiger partial charge >= 0.3 is 6.09 Å². The number of rotatable bonds is 1. The van der Waals surface area contributed by atoms with E-state index in [1.54, 1.807) is 23.1 Å². The predicted octanol–water partition coefficient (Wildman–Crippen LogP) is 4.51. The molecule has 0 radical (unpaired) electrons. The molecule has 1 aliphatic heterocycles. The molecule has 1 aliphatic carbocycles. The van der Waals surface area contributed by atoms with Gasteiger partial charge in [0.15, 0.2) is 0 Å². The molecule has 132 valence electrons. The highest BCUT2D eigenvalue weighted by atomic mass is 19.1. The van der Waals surface area contributed by atoms with Gasteiger partial charge in [0.05, 0.1) is 7.11 Å². The SMILES string of the molecule is COC(=O)N1CC2(CC2)c2c([nH]c3ccccc23)C1c1ccccc1F. The fourth-order valence-corrected chi connectivity index (χ4v) is 4.46. The maximum absolute atomic E-state index is 14.7. The molecule has 1 saturated carbocycles. The molecule has 2 aromatic carbocycles. The normalized spacial score (nSPS) is 20.2. The zero-order valence-corrected chi connectivity index (χ0v) is 14.5. The molecule has 5 heteroatoms. The van der Waals surface area contributed by atoms with Crippen molar-refractivity contribution in [2.75, 3.05) is 13.7 Å². The maximum Gasteiger partial charge on any atom is 0.410 e. The van der Waals surface area contributed by atoms with Gasteiger partial charge in [0.25, 0.3) is 0 Å². The van der Waals surface area contributed by atoms with Crippen LogP contribution in [0, 0.1) is 5.82 Å². The molecule has 1 fully saturated rings. The third kappa shape index (κ3) is 2.03. The van der Waals surface area contributed by atoms with Crippen molar-refractivity contribution < 1.29 is 13.9 Å². The number of nitrogens with one attached hydrogen (secondary N) is 1. The van der Waals surface area contributed by atoms with Gasteiger partial charge in [-0.1, -0.05) is 36.4 Å². The molecule has 1 spiro atoms. The van der Waals surface area contributed by atoms with Crippen molar-refractivity contribution >= 4 is 17.0 Å². The minimum Gasteiger partial charge on any atom is -0.453 e. The third-order valence-electron chi connectivity index (χ3n) is 5.79. The van der Waals surface area contributed by atoms with E-state index in [4.69, 9.17) is 4.74 Å². The number of halogens is 1. The number of aromatic nitrogens is 1. The first kappa shape index (κ1) is 15.4. The predicted molar refractivity (Wildman–Crippen MR) is 96.6 cm³/mol. The van der Waals surface area contributed by atoms with E-state index in [1.165, 1.54) is 24.1 Å². The molecule has 0 saturated heterocycles. The summed E-state index contributed by atoms with van der Waals surface area (Å²) in [5.41, 5.74) is 3.61. The number of carbonyl (C=O) groups is 1. The number of carbonyl (C=O) groups excluding carboxylic acids is 1. The van der Waals surface area contributed by atoms with Crippen molar-refractivity contribution in [2.45, 2.75) is 24.3 Å². The van der Waals surface area contributed by atoms with Gasteiger partial charge in [0.1, 0.15) is 11.9 Å². The Labute approximate surface area is 150 Å². The van der Waals surface area contributed by atoms with E-state index in [2.05, 4.69) is 11.1 Å². The fraction of sp³-hybridized carbons (Fsp3) is 0.286. The lowest BCUT2D eigenvalue weighted by Gasteiger charge is -2.39. The summed E-state index contributed by atoms with van der Waals surface area (Å²) >= 11 is 0. The molecule has 4 nitrogen and oxygen atoms in total. The van der Waals surface area contributed by atoms with Crippen LogP contribution in [0.4, 0.5) is 9.18 Å². The summed E-state index contributed by atoms with van der Waals surface area (Å²) in [7, 11) is 1.38. The summed E-state index contributed by atoms with van der Waals surface area (Å²) < 4.78 is 19.7. The van der Waals surface area contributed by atoms with Crippen molar-refractivity contribution in [3.63, 3.8) is 0 Å². The fourth-order valence-electron chi connectivity index (χ4n) is 4.46. The largest absolute Gasteiger partial charge is 0.453 e. The van der Waals surface area contributed by atoms with E-state index in [9.17, 15) is 9.18 Å². The van der Waals surface area contributed by atoms with Crippen LogP contribution in [0.3, 0.4) is 0 Å². The Bertz CT molecular complexity index is 1020. The summed E-state index contributed by atoms with van der Waals surface area (Å²) in [6.07, 6.45) is 1.63. The first-order chi connectivity index (χ1) is 12.6. The first-order valence-electron chi connectivity index (χ1n) is 8.85. The molecular formula is C21H19FN2O2. The minimum atomic E-state index is -0.516. The summed E-state index contributed by atoms with van der Waals surface area (Å²) in [6, 6.07) is 14.3. The molecule has 1 aromatic heterocycles. The van der Waals surface area contributed by atoms with Crippen molar-refractivity contribution in [2.24, 2.45) is 0 Å². The van der Waals surface area contributed by atoms with Crippen molar-refractivity contribution in [3.05, 3.63) is 71.2 Å². The highest BCUT2D eigenvalue weighted by Gasteiger charge is 2.55. The first-order valence-corrected chi connectivity index (χ1v) is 8.85. The Morgan fingerprint density at radius 1 is 1.19 bits per heavy atom. The lowest BCUT2D eigenvalue weighted by molar-refractivity contribution is 0.100. The molecule has 1 atom stereocenters. The number of hydrogen-bond acceptors (Lipinski definition) is 2. The van der Waals surface area contributed by atoms with Crippen molar-refractivity contribution in [1.29, 1.82) is 0 Å². The number of methoxy groups -OCH3 is 1. The molecule has 2 aliphatic rings. The highest BCUT2D eigenvalue weighted by molar-refractivity contribution is 5.88. The second-order valence-corrected chi connectivity index (χ2v) is 7.26. The average Bonchev–Trinajstić information content (AvgIpc) is 3.31. The quantitative estimate of drug-likeness (QED) is 0.702. The van der Waals surface area contributed by atoms with Gasteiger partial charge < -0.3 is 9.72 Å². The van der Waals surface area contributed by atoms with Gasteiger partial charge in [-0.15, -0.1) is 0 Å². The van der Waals surface area contributed by atoms with Gasteiger partial charge in [-0.25, -0.2) is 9.18 Å². The van der Waals surface area contributed by atoms with Crippen LogP contribution in [-0.4, -0.2) is 29.6 Å². The number of amides is 1. The van der Waals surface area contributed by atoms with Gasteiger partial charge in [-0.05, 0) is 30.5 Å². The lowest BCUT2D eigenvalue weighted by atomic mass is 9.83. The number of ether oxygens (including phenoxy) is 1. The van der Waals surface area contributed by atoms with E-state index >= 15 is 0 Å². The van der Waals surface area contributed by atoms with Crippen LogP contribution in [0.1, 0.15) is 35.7 Å². The van der Waals surface area contributed by atoms with Crippen molar-refractivity contribution in [3.8, 4) is 0 Å². The van der Waals surface area contributed by atoms with Crippen LogP contribution in [0.15, 0.2) is 48.5 Å². The van der Waals surface area contributed by atoms with E-state index < -0.39 is 12.1 Å². The van der Waals surface area contributed by atoms with Crippen LogP contribution in [0.2, 0.25) is 0 Å². The van der Waals surface area contributed by atoms with E-state index in [-0.39, 0.29) is 11.2 Å². The third-order valence-corrected chi connectivity index (χ3v) is 5.79. The Kier molecular flexibility index (Phi) is 3.17. The van der Waals surface area contributed by atoms with Crippen molar-refractivity contribution in [1.82, 2.24) is 9.88 Å². The monoisotopic (exact) mass is 350 g/mol. The molecule has 1 unspecified atom stereocenters. The second-order valence-electron chi connectivity index (χ2n) is 7.26. The van der Waals surface area contributed by atoms with Crippen LogP contribution in [0.25, 0.3) is 10.9 Å². The van der Waals surface area contributed by atoms with Gasteiger partial charge in [-0.2, -0.15) is 0 Å². The molecule has 26 heavy (non-hydrogen) atoms. The molecule has 3 aromatic rings. The number of benzene rings is 2. The molecule has 1 amide bonds. The second kappa shape index (κ2) is 5.34. The molecule has 2 heterocycles. The number of aromatic amines is 1.